The standard InChI is InChI=1S/C17H19N3O2S/c1-10(21)18-13-8-11(6-7-16(13)22)15-9-23-17-19-12-4-2-3-5-14(12)20(15)17/h6-9,12,14,22H,2-5H2,1H3,(H,18,21)/t12-,14+/m1/s1. The van der Waals surface area contributed by atoms with Crippen LogP contribution >= 0.6 is 11.8 Å². The van der Waals surface area contributed by atoms with Gasteiger partial charge in [-0.05, 0) is 31.0 Å². The predicted molar refractivity (Wildman–Crippen MR) is 93.3 cm³/mol. The topological polar surface area (TPSA) is 64.9 Å². The molecule has 1 aromatic rings. The summed E-state index contributed by atoms with van der Waals surface area (Å²) in [5.41, 5.74) is 2.57. The number of amides is 1. The third kappa shape index (κ3) is 2.51. The molecule has 0 saturated heterocycles. The number of nitrogens with zero attached hydrogens (tertiary/aromatic N) is 2. The Bertz CT molecular complexity index is 729. The third-order valence-electron chi connectivity index (χ3n) is 4.65. The average Bonchev–Trinajstić information content (AvgIpc) is 3.08. The molecule has 1 amide bonds. The van der Waals surface area contributed by atoms with Crippen LogP contribution < -0.4 is 5.32 Å². The highest BCUT2D eigenvalue weighted by molar-refractivity contribution is 8.16. The maximum atomic E-state index is 11.3. The van der Waals surface area contributed by atoms with Crippen LogP contribution in [0.1, 0.15) is 38.2 Å². The molecule has 4 rings (SSSR count). The highest BCUT2D eigenvalue weighted by atomic mass is 32.2. The number of benzene rings is 1. The second-order valence-corrected chi connectivity index (χ2v) is 7.07. The summed E-state index contributed by atoms with van der Waals surface area (Å²) in [6.45, 7) is 1.44. The molecule has 0 aromatic heterocycles. The SMILES string of the molecule is CC(=O)Nc1cc(C2=CSC3=N[C@@H]4CCCC[C@@H]4N23)ccc1O. The summed E-state index contributed by atoms with van der Waals surface area (Å²) < 4.78 is 0. The molecule has 0 radical (unpaired) electrons. The number of nitrogens with one attached hydrogen (secondary N) is 1. The minimum absolute atomic E-state index is 0.0843. The molecular formula is C17H19N3O2S. The number of thioether (sulfide) groups is 1. The van der Waals surface area contributed by atoms with E-state index in [0.29, 0.717) is 17.8 Å². The smallest absolute Gasteiger partial charge is 0.221 e. The van der Waals surface area contributed by atoms with Crippen molar-refractivity contribution in [3.8, 4) is 5.75 Å². The summed E-state index contributed by atoms with van der Waals surface area (Å²) in [7, 11) is 0. The molecule has 5 nitrogen and oxygen atoms in total. The molecule has 2 N–H and O–H groups in total. The van der Waals surface area contributed by atoms with E-state index in [4.69, 9.17) is 4.99 Å². The summed E-state index contributed by atoms with van der Waals surface area (Å²) in [5, 5.41) is 15.8. The molecule has 2 aliphatic heterocycles. The number of aliphatic imine (C=N–C) groups is 1. The Hall–Kier alpha value is -1.95. The van der Waals surface area contributed by atoms with Crippen LogP contribution in [0.15, 0.2) is 28.6 Å². The first kappa shape index (κ1) is 14.6. The van der Waals surface area contributed by atoms with E-state index in [1.807, 2.05) is 12.1 Å². The molecule has 3 aliphatic rings. The van der Waals surface area contributed by atoms with Crippen molar-refractivity contribution in [3.05, 3.63) is 29.2 Å². The maximum Gasteiger partial charge on any atom is 0.221 e. The van der Waals surface area contributed by atoms with Gasteiger partial charge in [-0.2, -0.15) is 0 Å². The van der Waals surface area contributed by atoms with Crippen molar-refractivity contribution in [1.29, 1.82) is 0 Å². The van der Waals surface area contributed by atoms with Gasteiger partial charge >= 0.3 is 0 Å². The lowest BCUT2D eigenvalue weighted by atomic mass is 9.90. The minimum atomic E-state index is -0.192. The summed E-state index contributed by atoms with van der Waals surface area (Å²) in [5.74, 6) is -0.107. The first-order valence-corrected chi connectivity index (χ1v) is 8.86. The van der Waals surface area contributed by atoms with Crippen molar-refractivity contribution in [1.82, 2.24) is 4.90 Å². The predicted octanol–water partition coefficient (Wildman–Crippen LogP) is 3.38. The number of hydrogen-bond donors (Lipinski definition) is 2. The van der Waals surface area contributed by atoms with E-state index >= 15 is 0 Å². The van der Waals surface area contributed by atoms with E-state index in [2.05, 4.69) is 15.6 Å². The van der Waals surface area contributed by atoms with Crippen LogP contribution in [0, 0.1) is 0 Å². The monoisotopic (exact) mass is 329 g/mol. The second-order valence-electron chi connectivity index (χ2n) is 6.23. The van der Waals surface area contributed by atoms with Crippen molar-refractivity contribution in [2.75, 3.05) is 5.32 Å². The van der Waals surface area contributed by atoms with E-state index in [9.17, 15) is 9.90 Å². The van der Waals surface area contributed by atoms with Crippen LogP contribution in [-0.4, -0.2) is 33.2 Å². The molecule has 0 unspecified atom stereocenters. The number of anilines is 1. The van der Waals surface area contributed by atoms with E-state index < -0.39 is 0 Å². The maximum absolute atomic E-state index is 11.3. The lowest BCUT2D eigenvalue weighted by Crippen LogP contribution is -2.38. The van der Waals surface area contributed by atoms with E-state index in [1.54, 1.807) is 17.8 Å². The Morgan fingerprint density at radius 1 is 1.39 bits per heavy atom. The molecule has 23 heavy (non-hydrogen) atoms. The zero-order valence-electron chi connectivity index (χ0n) is 13.0. The summed E-state index contributed by atoms with van der Waals surface area (Å²) in [6, 6.07) is 6.24. The van der Waals surface area contributed by atoms with Crippen LogP contribution in [0.4, 0.5) is 5.69 Å². The zero-order chi connectivity index (χ0) is 16.0. The molecule has 1 aliphatic carbocycles. The Morgan fingerprint density at radius 2 is 2.22 bits per heavy atom. The van der Waals surface area contributed by atoms with Gasteiger partial charge in [-0.15, -0.1) is 0 Å². The third-order valence-corrected chi connectivity index (χ3v) is 5.50. The van der Waals surface area contributed by atoms with Crippen molar-refractivity contribution in [2.24, 2.45) is 4.99 Å². The van der Waals surface area contributed by atoms with Gasteiger partial charge in [0.1, 0.15) is 5.75 Å². The number of carbonyl (C=O) groups excluding carboxylic acids is 1. The van der Waals surface area contributed by atoms with Crippen molar-refractivity contribution < 1.29 is 9.90 Å². The molecule has 120 valence electrons. The van der Waals surface area contributed by atoms with Crippen LogP contribution in [0.25, 0.3) is 5.70 Å². The van der Waals surface area contributed by atoms with Gasteiger partial charge in [0.05, 0.1) is 23.5 Å². The molecule has 2 heterocycles. The molecule has 6 heteroatoms. The summed E-state index contributed by atoms with van der Waals surface area (Å²) in [4.78, 5) is 18.5. The fourth-order valence-electron chi connectivity index (χ4n) is 3.62. The number of carbonyl (C=O) groups is 1. The van der Waals surface area contributed by atoms with Crippen LogP contribution in [0.5, 0.6) is 5.75 Å². The summed E-state index contributed by atoms with van der Waals surface area (Å²) >= 11 is 1.67. The van der Waals surface area contributed by atoms with Gasteiger partial charge in [0.25, 0.3) is 0 Å². The van der Waals surface area contributed by atoms with E-state index in [1.165, 1.54) is 32.6 Å². The van der Waals surface area contributed by atoms with Gasteiger partial charge in [-0.25, -0.2) is 0 Å². The zero-order valence-corrected chi connectivity index (χ0v) is 13.8. The van der Waals surface area contributed by atoms with Gasteiger partial charge in [0.2, 0.25) is 5.91 Å². The second kappa shape index (κ2) is 5.60. The van der Waals surface area contributed by atoms with E-state index in [-0.39, 0.29) is 11.7 Å². The fraction of sp³-hybridized carbons (Fsp3) is 0.412. The Morgan fingerprint density at radius 3 is 3.04 bits per heavy atom. The number of fused-ring (bicyclic) bond motifs is 3. The quantitative estimate of drug-likeness (QED) is 0.817. The van der Waals surface area contributed by atoms with Crippen molar-refractivity contribution >= 4 is 34.2 Å². The number of aromatic hydroxyl groups is 1. The van der Waals surface area contributed by atoms with E-state index in [0.717, 1.165) is 16.4 Å². The van der Waals surface area contributed by atoms with Gasteiger partial charge in [0, 0.05) is 17.9 Å². The molecule has 1 saturated carbocycles. The Labute approximate surface area is 139 Å². The van der Waals surface area contributed by atoms with Gasteiger partial charge in [-0.3, -0.25) is 9.79 Å². The molecule has 0 spiro atoms. The molecule has 1 aromatic carbocycles. The van der Waals surface area contributed by atoms with Gasteiger partial charge in [-0.1, -0.05) is 24.6 Å². The lowest BCUT2D eigenvalue weighted by molar-refractivity contribution is -0.114. The molecule has 2 atom stereocenters. The lowest BCUT2D eigenvalue weighted by Gasteiger charge is -2.32. The fourth-order valence-corrected chi connectivity index (χ4v) is 4.63. The summed E-state index contributed by atoms with van der Waals surface area (Å²) in [6.07, 6.45) is 4.87. The molecular weight excluding hydrogens is 310 g/mol. The largest absolute Gasteiger partial charge is 0.506 e. The van der Waals surface area contributed by atoms with Crippen LogP contribution in [0.3, 0.4) is 0 Å². The van der Waals surface area contributed by atoms with Crippen LogP contribution in [0.2, 0.25) is 0 Å². The van der Waals surface area contributed by atoms with Crippen molar-refractivity contribution in [3.63, 3.8) is 0 Å². The highest BCUT2D eigenvalue weighted by Gasteiger charge is 2.42. The normalized spacial score (nSPS) is 25.5. The Balaban J connectivity index is 1.66. The van der Waals surface area contributed by atoms with Crippen LogP contribution in [-0.2, 0) is 4.79 Å². The number of hydrogen-bond acceptors (Lipinski definition) is 5. The minimum Gasteiger partial charge on any atom is -0.506 e. The number of amidine groups is 1. The molecule has 0 bridgehead atoms. The number of phenols is 1. The highest BCUT2D eigenvalue weighted by Crippen LogP contribution is 2.44. The molecule has 1 fully saturated rings. The first-order valence-electron chi connectivity index (χ1n) is 7.98. The van der Waals surface area contributed by atoms with Gasteiger partial charge < -0.3 is 15.3 Å². The number of phenolic OH excluding ortho intramolecular Hbond substituents is 1. The first-order chi connectivity index (χ1) is 11.1. The number of rotatable bonds is 2. The van der Waals surface area contributed by atoms with Crippen molar-refractivity contribution in [2.45, 2.75) is 44.7 Å². The average molecular weight is 329 g/mol. The Kier molecular flexibility index (Phi) is 3.56. The van der Waals surface area contributed by atoms with Gasteiger partial charge in [0.15, 0.2) is 5.17 Å².